The fraction of sp³-hybridized carbons (Fsp3) is 0.938. The predicted molar refractivity (Wildman–Crippen MR) is 78.9 cm³/mol. The standard InChI is InChI=1S/C16H29N3/c1-13(2)18-16(12-17)10-9-15(11-16)19(3)14-7-5-4-6-8-14/h13-15,18H,4-11H2,1-3H3. The first-order chi connectivity index (χ1) is 9.06. The first-order valence-electron chi connectivity index (χ1n) is 7.97. The van der Waals surface area contributed by atoms with Gasteiger partial charge in [-0.25, -0.2) is 0 Å². The molecular weight excluding hydrogens is 234 g/mol. The molecule has 2 aliphatic rings. The number of nitriles is 1. The quantitative estimate of drug-likeness (QED) is 0.847. The van der Waals surface area contributed by atoms with Gasteiger partial charge in [0.2, 0.25) is 0 Å². The van der Waals surface area contributed by atoms with Crippen LogP contribution < -0.4 is 5.32 Å². The summed E-state index contributed by atoms with van der Waals surface area (Å²) in [6.45, 7) is 4.27. The summed E-state index contributed by atoms with van der Waals surface area (Å²) < 4.78 is 0. The largest absolute Gasteiger partial charge is 0.300 e. The Balaban J connectivity index is 1.94. The van der Waals surface area contributed by atoms with Gasteiger partial charge in [-0.05, 0) is 53.0 Å². The number of rotatable bonds is 4. The van der Waals surface area contributed by atoms with Crippen LogP contribution in [-0.4, -0.2) is 35.6 Å². The molecule has 2 atom stereocenters. The molecule has 0 aromatic rings. The van der Waals surface area contributed by atoms with Crippen molar-refractivity contribution in [3.05, 3.63) is 0 Å². The Morgan fingerprint density at radius 3 is 2.42 bits per heavy atom. The monoisotopic (exact) mass is 263 g/mol. The molecule has 2 rings (SSSR count). The van der Waals surface area contributed by atoms with Gasteiger partial charge >= 0.3 is 0 Å². The molecule has 19 heavy (non-hydrogen) atoms. The minimum absolute atomic E-state index is 0.276. The lowest BCUT2D eigenvalue weighted by Gasteiger charge is -2.36. The summed E-state index contributed by atoms with van der Waals surface area (Å²) in [4.78, 5) is 2.58. The van der Waals surface area contributed by atoms with Crippen LogP contribution in [0.1, 0.15) is 65.2 Å². The summed E-state index contributed by atoms with van der Waals surface area (Å²) >= 11 is 0. The number of nitrogens with one attached hydrogen (secondary N) is 1. The van der Waals surface area contributed by atoms with Crippen LogP contribution in [-0.2, 0) is 0 Å². The second-order valence-corrected chi connectivity index (χ2v) is 6.85. The normalized spacial score (nSPS) is 32.9. The molecule has 0 radical (unpaired) electrons. The van der Waals surface area contributed by atoms with E-state index in [1.54, 1.807) is 0 Å². The molecule has 1 N–H and O–H groups in total. The molecule has 2 aliphatic carbocycles. The molecule has 3 nitrogen and oxygen atoms in total. The molecule has 2 unspecified atom stereocenters. The zero-order chi connectivity index (χ0) is 13.9. The van der Waals surface area contributed by atoms with E-state index in [1.165, 1.54) is 38.5 Å². The number of nitrogens with zero attached hydrogens (tertiary/aromatic N) is 2. The van der Waals surface area contributed by atoms with E-state index in [2.05, 4.69) is 37.2 Å². The lowest BCUT2D eigenvalue weighted by Crippen LogP contribution is -2.48. The highest BCUT2D eigenvalue weighted by Gasteiger charge is 2.42. The van der Waals surface area contributed by atoms with Gasteiger partial charge in [0, 0.05) is 18.1 Å². The van der Waals surface area contributed by atoms with Crippen LogP contribution in [0.5, 0.6) is 0 Å². The van der Waals surface area contributed by atoms with E-state index in [4.69, 9.17) is 0 Å². The molecule has 2 saturated carbocycles. The van der Waals surface area contributed by atoms with Crippen molar-refractivity contribution in [1.82, 2.24) is 10.2 Å². The van der Waals surface area contributed by atoms with Crippen molar-refractivity contribution in [2.24, 2.45) is 0 Å². The van der Waals surface area contributed by atoms with Crippen LogP contribution in [0.2, 0.25) is 0 Å². The van der Waals surface area contributed by atoms with E-state index in [0.717, 1.165) is 18.9 Å². The third-order valence-corrected chi connectivity index (χ3v) is 4.99. The van der Waals surface area contributed by atoms with Crippen molar-refractivity contribution < 1.29 is 0 Å². The topological polar surface area (TPSA) is 39.1 Å². The van der Waals surface area contributed by atoms with E-state index in [9.17, 15) is 5.26 Å². The Labute approximate surface area is 118 Å². The van der Waals surface area contributed by atoms with Crippen molar-refractivity contribution in [3.8, 4) is 6.07 Å². The van der Waals surface area contributed by atoms with Crippen LogP contribution in [0.15, 0.2) is 0 Å². The van der Waals surface area contributed by atoms with Gasteiger partial charge in [-0.2, -0.15) is 5.26 Å². The van der Waals surface area contributed by atoms with Crippen molar-refractivity contribution >= 4 is 0 Å². The third kappa shape index (κ3) is 3.49. The number of hydrogen-bond donors (Lipinski definition) is 1. The maximum atomic E-state index is 9.54. The van der Waals surface area contributed by atoms with E-state index in [1.807, 2.05) is 0 Å². The highest BCUT2D eigenvalue weighted by molar-refractivity contribution is 5.14. The van der Waals surface area contributed by atoms with Crippen LogP contribution >= 0.6 is 0 Å². The Morgan fingerprint density at radius 2 is 1.84 bits per heavy atom. The predicted octanol–water partition coefficient (Wildman–Crippen LogP) is 3.06. The SMILES string of the molecule is CC(C)NC1(C#N)CCC(N(C)C2CCCCC2)C1. The van der Waals surface area contributed by atoms with E-state index in [0.29, 0.717) is 12.1 Å². The summed E-state index contributed by atoms with van der Waals surface area (Å²) in [6, 6.07) is 4.29. The molecule has 0 aromatic carbocycles. The van der Waals surface area contributed by atoms with Crippen molar-refractivity contribution in [3.63, 3.8) is 0 Å². The summed E-state index contributed by atoms with van der Waals surface area (Å²) in [5.41, 5.74) is -0.276. The van der Waals surface area contributed by atoms with Crippen molar-refractivity contribution in [2.75, 3.05) is 7.05 Å². The van der Waals surface area contributed by atoms with E-state index < -0.39 is 0 Å². The van der Waals surface area contributed by atoms with Crippen molar-refractivity contribution in [1.29, 1.82) is 5.26 Å². The smallest absolute Gasteiger partial charge is 0.108 e. The third-order valence-electron chi connectivity index (χ3n) is 4.99. The van der Waals surface area contributed by atoms with Gasteiger partial charge in [0.25, 0.3) is 0 Å². The first-order valence-corrected chi connectivity index (χ1v) is 7.97. The van der Waals surface area contributed by atoms with Crippen LogP contribution in [0.3, 0.4) is 0 Å². The lowest BCUT2D eigenvalue weighted by atomic mass is 9.92. The minimum atomic E-state index is -0.276. The van der Waals surface area contributed by atoms with Gasteiger partial charge in [0.05, 0.1) is 6.07 Å². The lowest BCUT2D eigenvalue weighted by molar-refractivity contribution is 0.135. The fourth-order valence-electron chi connectivity index (χ4n) is 3.97. The summed E-state index contributed by atoms with van der Waals surface area (Å²) in [7, 11) is 2.28. The number of hydrogen-bond acceptors (Lipinski definition) is 3. The van der Waals surface area contributed by atoms with Gasteiger partial charge in [0.15, 0.2) is 0 Å². The van der Waals surface area contributed by atoms with Gasteiger partial charge in [-0.3, -0.25) is 5.32 Å². The summed E-state index contributed by atoms with van der Waals surface area (Å²) in [5, 5.41) is 13.0. The van der Waals surface area contributed by atoms with E-state index >= 15 is 0 Å². The van der Waals surface area contributed by atoms with Crippen LogP contribution in [0.25, 0.3) is 0 Å². The maximum Gasteiger partial charge on any atom is 0.108 e. The van der Waals surface area contributed by atoms with Crippen molar-refractivity contribution in [2.45, 2.75) is 88.9 Å². The molecule has 2 fully saturated rings. The van der Waals surface area contributed by atoms with E-state index in [-0.39, 0.29) is 5.54 Å². The molecule has 108 valence electrons. The fourth-order valence-corrected chi connectivity index (χ4v) is 3.97. The summed E-state index contributed by atoms with van der Waals surface area (Å²) in [6.07, 6.45) is 10.0. The first kappa shape index (κ1) is 14.8. The van der Waals surface area contributed by atoms with Gasteiger partial charge in [-0.1, -0.05) is 19.3 Å². The molecule has 0 heterocycles. The molecular formula is C16H29N3. The Hall–Kier alpha value is -0.590. The molecule has 0 saturated heterocycles. The average Bonchev–Trinajstić information content (AvgIpc) is 2.83. The van der Waals surface area contributed by atoms with Crippen LogP contribution in [0.4, 0.5) is 0 Å². The highest BCUT2D eigenvalue weighted by atomic mass is 15.2. The van der Waals surface area contributed by atoms with Gasteiger partial charge in [0.1, 0.15) is 5.54 Å². The Morgan fingerprint density at radius 1 is 1.16 bits per heavy atom. The zero-order valence-electron chi connectivity index (χ0n) is 12.8. The minimum Gasteiger partial charge on any atom is -0.300 e. The zero-order valence-corrected chi connectivity index (χ0v) is 12.8. The molecule has 0 aliphatic heterocycles. The molecule has 0 amide bonds. The maximum absolute atomic E-state index is 9.54. The van der Waals surface area contributed by atoms with Crippen LogP contribution in [0, 0.1) is 11.3 Å². The molecule has 0 aromatic heterocycles. The molecule has 3 heteroatoms. The second kappa shape index (κ2) is 6.24. The Kier molecular flexibility index (Phi) is 4.86. The second-order valence-electron chi connectivity index (χ2n) is 6.85. The average molecular weight is 263 g/mol. The Bertz CT molecular complexity index is 327. The highest BCUT2D eigenvalue weighted by Crippen LogP contribution is 2.35. The van der Waals surface area contributed by atoms with Gasteiger partial charge in [-0.15, -0.1) is 0 Å². The molecule has 0 spiro atoms. The van der Waals surface area contributed by atoms with Gasteiger partial charge < -0.3 is 4.90 Å². The summed E-state index contributed by atoms with van der Waals surface area (Å²) in [5.74, 6) is 0. The molecule has 0 bridgehead atoms.